The highest BCUT2D eigenvalue weighted by atomic mass is 32.2. The number of aromatic nitrogens is 2. The van der Waals surface area contributed by atoms with Gasteiger partial charge in [0, 0.05) is 35.5 Å². The van der Waals surface area contributed by atoms with Gasteiger partial charge in [-0.15, -0.1) is 11.3 Å². The van der Waals surface area contributed by atoms with E-state index in [1.54, 1.807) is 18.2 Å². The van der Waals surface area contributed by atoms with Crippen molar-refractivity contribution in [3.05, 3.63) is 76.9 Å². The first-order chi connectivity index (χ1) is 13.8. The normalized spacial score (nSPS) is 11.7. The van der Waals surface area contributed by atoms with Crippen LogP contribution in [-0.2, 0) is 16.4 Å². The highest BCUT2D eigenvalue weighted by Crippen LogP contribution is 2.21. The molecule has 0 radical (unpaired) electrons. The first kappa shape index (κ1) is 19.4. The Balaban J connectivity index is 1.59. The van der Waals surface area contributed by atoms with Gasteiger partial charge < -0.3 is 4.57 Å². The molecule has 0 unspecified atom stereocenters. The van der Waals surface area contributed by atoms with E-state index in [2.05, 4.69) is 10.3 Å². The summed E-state index contributed by atoms with van der Waals surface area (Å²) in [6, 6.07) is 14.4. The lowest BCUT2D eigenvalue weighted by Gasteiger charge is -2.08. The van der Waals surface area contributed by atoms with Gasteiger partial charge >= 0.3 is 0 Å². The van der Waals surface area contributed by atoms with E-state index in [1.807, 2.05) is 53.4 Å². The van der Waals surface area contributed by atoms with E-state index < -0.39 is 9.84 Å². The summed E-state index contributed by atoms with van der Waals surface area (Å²) >= 11 is 1.39. The van der Waals surface area contributed by atoms with Crippen molar-refractivity contribution in [2.45, 2.75) is 18.4 Å². The summed E-state index contributed by atoms with van der Waals surface area (Å²) in [6.45, 7) is 2.46. The van der Waals surface area contributed by atoms with Crippen LogP contribution in [-0.4, -0.2) is 30.1 Å². The van der Waals surface area contributed by atoms with Gasteiger partial charge in [-0.05, 0) is 48.2 Å². The van der Waals surface area contributed by atoms with Crippen LogP contribution in [0.15, 0.2) is 65.0 Å². The van der Waals surface area contributed by atoms with Crippen LogP contribution in [0.2, 0.25) is 0 Å². The summed E-state index contributed by atoms with van der Waals surface area (Å²) in [5, 5.41) is 6.32. The molecule has 0 aliphatic heterocycles. The quantitative estimate of drug-likeness (QED) is 0.522. The average molecular weight is 426 g/mol. The fourth-order valence-electron chi connectivity index (χ4n) is 3.08. The van der Waals surface area contributed by atoms with Crippen molar-refractivity contribution < 1.29 is 13.2 Å². The van der Waals surface area contributed by atoms with Crippen LogP contribution in [0.25, 0.3) is 10.9 Å². The smallest absolute Gasteiger partial charge is 0.257 e. The van der Waals surface area contributed by atoms with Crippen molar-refractivity contribution in [2.75, 3.05) is 11.6 Å². The lowest BCUT2D eigenvalue weighted by atomic mass is 10.1. The standard InChI is InChI=1S/C21H19N3O3S2/c1-14-13-28-21(22-14)23-20(25)17-6-5-16-9-10-24(19(16)11-17)12-15-3-7-18(8-4-15)29(2,26)27/h3-11,13H,12H2,1-2H3,(H,22,23,25). The number of carbonyl (C=O) groups is 1. The van der Waals surface area contributed by atoms with Crippen LogP contribution in [0.1, 0.15) is 21.6 Å². The molecule has 0 spiro atoms. The van der Waals surface area contributed by atoms with E-state index >= 15 is 0 Å². The van der Waals surface area contributed by atoms with Crippen LogP contribution in [0.4, 0.5) is 5.13 Å². The van der Waals surface area contributed by atoms with Gasteiger partial charge in [-0.1, -0.05) is 18.2 Å². The van der Waals surface area contributed by atoms with Crippen LogP contribution in [0.3, 0.4) is 0 Å². The molecule has 2 aromatic heterocycles. The van der Waals surface area contributed by atoms with E-state index in [0.29, 0.717) is 22.1 Å². The minimum atomic E-state index is -3.21. The number of amides is 1. The number of carbonyl (C=O) groups excluding carboxylic acids is 1. The molecule has 8 heteroatoms. The zero-order chi connectivity index (χ0) is 20.6. The predicted octanol–water partition coefficient (Wildman–Crippen LogP) is 4.11. The van der Waals surface area contributed by atoms with Crippen LogP contribution < -0.4 is 5.32 Å². The first-order valence-electron chi connectivity index (χ1n) is 8.91. The molecule has 2 heterocycles. The number of hydrogen-bond acceptors (Lipinski definition) is 5. The summed E-state index contributed by atoms with van der Waals surface area (Å²) < 4.78 is 25.3. The SMILES string of the molecule is Cc1csc(NC(=O)c2ccc3ccn(Cc4ccc(S(C)(=O)=O)cc4)c3c2)n1. The summed E-state index contributed by atoms with van der Waals surface area (Å²) in [6.07, 6.45) is 3.15. The summed E-state index contributed by atoms with van der Waals surface area (Å²) in [7, 11) is -3.21. The monoisotopic (exact) mass is 425 g/mol. The molecule has 2 aromatic carbocycles. The Morgan fingerprint density at radius 3 is 2.55 bits per heavy atom. The average Bonchev–Trinajstić information content (AvgIpc) is 3.27. The van der Waals surface area contributed by atoms with E-state index in [-0.39, 0.29) is 5.91 Å². The fraction of sp³-hybridized carbons (Fsp3) is 0.143. The number of aryl methyl sites for hydroxylation is 1. The Hall–Kier alpha value is -2.97. The zero-order valence-corrected chi connectivity index (χ0v) is 17.5. The molecule has 6 nitrogen and oxygen atoms in total. The molecule has 0 bridgehead atoms. The van der Waals surface area contributed by atoms with E-state index in [9.17, 15) is 13.2 Å². The van der Waals surface area contributed by atoms with Gasteiger partial charge in [-0.2, -0.15) is 0 Å². The molecule has 0 aliphatic carbocycles. The first-order valence-corrected chi connectivity index (χ1v) is 11.7. The Kier molecular flexibility index (Phi) is 4.97. The van der Waals surface area contributed by atoms with Gasteiger partial charge in [-0.25, -0.2) is 13.4 Å². The number of nitrogens with zero attached hydrogens (tertiary/aromatic N) is 2. The third kappa shape index (κ3) is 4.23. The van der Waals surface area contributed by atoms with Gasteiger partial charge in [0.05, 0.1) is 10.6 Å². The lowest BCUT2D eigenvalue weighted by molar-refractivity contribution is 0.102. The van der Waals surface area contributed by atoms with Crippen LogP contribution in [0.5, 0.6) is 0 Å². The Morgan fingerprint density at radius 1 is 1.14 bits per heavy atom. The maximum Gasteiger partial charge on any atom is 0.257 e. The second-order valence-electron chi connectivity index (χ2n) is 6.88. The molecule has 0 atom stereocenters. The summed E-state index contributed by atoms with van der Waals surface area (Å²) in [4.78, 5) is 17.1. The lowest BCUT2D eigenvalue weighted by Crippen LogP contribution is -2.11. The second-order valence-corrected chi connectivity index (χ2v) is 9.76. The molecule has 0 fully saturated rings. The second kappa shape index (κ2) is 7.46. The summed E-state index contributed by atoms with van der Waals surface area (Å²) in [5.41, 5.74) is 3.33. The molecule has 148 valence electrons. The van der Waals surface area contributed by atoms with Crippen molar-refractivity contribution in [1.29, 1.82) is 0 Å². The molecule has 1 N–H and O–H groups in total. The maximum atomic E-state index is 12.6. The zero-order valence-electron chi connectivity index (χ0n) is 15.9. The molecule has 0 aliphatic rings. The van der Waals surface area contributed by atoms with Crippen molar-refractivity contribution in [3.8, 4) is 0 Å². The molecule has 0 saturated heterocycles. The van der Waals surface area contributed by atoms with Gasteiger partial charge in [-0.3, -0.25) is 10.1 Å². The summed E-state index contributed by atoms with van der Waals surface area (Å²) in [5.74, 6) is -0.202. The number of benzene rings is 2. The van der Waals surface area contributed by atoms with E-state index in [4.69, 9.17) is 0 Å². The van der Waals surface area contributed by atoms with E-state index in [0.717, 1.165) is 22.2 Å². The molecular formula is C21H19N3O3S2. The van der Waals surface area contributed by atoms with E-state index in [1.165, 1.54) is 17.6 Å². The Labute approximate surface area is 172 Å². The number of fused-ring (bicyclic) bond motifs is 1. The number of hydrogen-bond donors (Lipinski definition) is 1. The minimum Gasteiger partial charge on any atom is -0.343 e. The molecular weight excluding hydrogens is 406 g/mol. The third-order valence-corrected chi connectivity index (χ3v) is 6.58. The number of sulfone groups is 1. The van der Waals surface area contributed by atoms with Crippen LogP contribution in [0, 0.1) is 6.92 Å². The van der Waals surface area contributed by atoms with Crippen molar-refractivity contribution >= 4 is 43.1 Å². The van der Waals surface area contributed by atoms with Gasteiger partial charge in [0.2, 0.25) is 0 Å². The number of thiazole rings is 1. The number of rotatable bonds is 5. The van der Waals surface area contributed by atoms with Gasteiger partial charge in [0.15, 0.2) is 15.0 Å². The largest absolute Gasteiger partial charge is 0.343 e. The fourth-order valence-corrected chi connectivity index (χ4v) is 4.40. The predicted molar refractivity (Wildman–Crippen MR) is 115 cm³/mol. The van der Waals surface area contributed by atoms with Crippen molar-refractivity contribution in [2.24, 2.45) is 0 Å². The highest BCUT2D eigenvalue weighted by Gasteiger charge is 2.12. The minimum absolute atomic E-state index is 0.202. The molecule has 1 amide bonds. The third-order valence-electron chi connectivity index (χ3n) is 4.58. The Bertz CT molecular complexity index is 1300. The van der Waals surface area contributed by atoms with Gasteiger partial charge in [0.1, 0.15) is 0 Å². The number of anilines is 1. The topological polar surface area (TPSA) is 81.1 Å². The van der Waals surface area contributed by atoms with Gasteiger partial charge in [0.25, 0.3) is 5.91 Å². The molecule has 4 rings (SSSR count). The van der Waals surface area contributed by atoms with Crippen molar-refractivity contribution in [1.82, 2.24) is 9.55 Å². The highest BCUT2D eigenvalue weighted by molar-refractivity contribution is 7.90. The molecule has 29 heavy (non-hydrogen) atoms. The number of nitrogens with one attached hydrogen (secondary N) is 1. The molecule has 0 saturated carbocycles. The Morgan fingerprint density at radius 2 is 1.90 bits per heavy atom. The van der Waals surface area contributed by atoms with Crippen molar-refractivity contribution in [3.63, 3.8) is 0 Å². The maximum absolute atomic E-state index is 12.6. The van der Waals surface area contributed by atoms with Crippen LogP contribution >= 0.6 is 11.3 Å². The molecule has 4 aromatic rings.